The second-order valence-corrected chi connectivity index (χ2v) is 6.85. The number of carbonyl (C=O) groups is 1. The van der Waals surface area contributed by atoms with Gasteiger partial charge in [-0.05, 0) is 45.2 Å². The summed E-state index contributed by atoms with van der Waals surface area (Å²) < 4.78 is 59.0. The minimum atomic E-state index is -4.89. The summed E-state index contributed by atoms with van der Waals surface area (Å²) in [6, 6.07) is 2.19. The SMILES string of the molecule is CN(C(=O)OC(C)(C)C)c1ccc(C2=CN([O-])CC(F)=C2)nc1C(F)(F)F. The lowest BCUT2D eigenvalue weighted by Gasteiger charge is -2.29. The van der Waals surface area contributed by atoms with Crippen LogP contribution in [0, 0.1) is 5.21 Å². The van der Waals surface area contributed by atoms with Crippen LogP contribution in [0.15, 0.2) is 30.2 Å². The highest BCUT2D eigenvalue weighted by Crippen LogP contribution is 2.37. The number of hydroxylamine groups is 2. The van der Waals surface area contributed by atoms with E-state index in [4.69, 9.17) is 4.74 Å². The lowest BCUT2D eigenvalue weighted by atomic mass is 10.1. The van der Waals surface area contributed by atoms with Gasteiger partial charge in [0.15, 0.2) is 5.69 Å². The van der Waals surface area contributed by atoms with E-state index in [2.05, 4.69) is 4.98 Å². The van der Waals surface area contributed by atoms with Crippen LogP contribution in [0.2, 0.25) is 0 Å². The maximum atomic E-state index is 13.5. The normalized spacial score (nSPS) is 15.2. The molecule has 0 spiro atoms. The van der Waals surface area contributed by atoms with Crippen molar-refractivity contribution in [3.8, 4) is 0 Å². The number of ether oxygens (including phenoxy) is 1. The zero-order chi connectivity index (χ0) is 20.6. The molecule has 0 saturated carbocycles. The molecule has 0 atom stereocenters. The molecule has 1 aromatic rings. The largest absolute Gasteiger partial charge is 0.758 e. The molecule has 1 aliphatic heterocycles. The number of aromatic nitrogens is 1. The van der Waals surface area contributed by atoms with Crippen LogP contribution in [0.5, 0.6) is 0 Å². The van der Waals surface area contributed by atoms with E-state index in [1.807, 2.05) is 0 Å². The summed E-state index contributed by atoms with van der Waals surface area (Å²) >= 11 is 0. The van der Waals surface area contributed by atoms with E-state index in [1.54, 1.807) is 20.8 Å². The number of anilines is 1. The number of rotatable bonds is 2. The second-order valence-electron chi connectivity index (χ2n) is 6.85. The monoisotopic (exact) mass is 388 g/mol. The molecule has 27 heavy (non-hydrogen) atoms. The van der Waals surface area contributed by atoms with Gasteiger partial charge in [0.05, 0.1) is 17.9 Å². The van der Waals surface area contributed by atoms with Crippen molar-refractivity contribution in [3.05, 3.63) is 46.8 Å². The minimum absolute atomic E-state index is 0.106. The summed E-state index contributed by atoms with van der Waals surface area (Å²) in [5.41, 5.74) is -3.14. The number of carbonyl (C=O) groups excluding carboxylic acids is 1. The molecule has 2 rings (SSSR count). The highest BCUT2D eigenvalue weighted by atomic mass is 19.4. The van der Waals surface area contributed by atoms with E-state index in [0.717, 1.165) is 25.4 Å². The number of halogens is 4. The third-order valence-electron chi connectivity index (χ3n) is 3.37. The molecule has 1 aromatic heterocycles. The fourth-order valence-corrected chi connectivity index (χ4v) is 2.26. The summed E-state index contributed by atoms with van der Waals surface area (Å²) in [7, 11) is 1.12. The number of alkyl halides is 3. The number of nitrogens with zero attached hydrogens (tertiary/aromatic N) is 3. The number of allylic oxidation sites excluding steroid dienone is 2. The Labute approximate surface area is 153 Å². The van der Waals surface area contributed by atoms with Gasteiger partial charge in [-0.2, -0.15) is 13.2 Å². The van der Waals surface area contributed by atoms with E-state index in [0.29, 0.717) is 4.90 Å². The number of hydrogen-bond acceptors (Lipinski definition) is 5. The summed E-state index contributed by atoms with van der Waals surface area (Å²) in [6.45, 7) is 4.22. The van der Waals surface area contributed by atoms with Gasteiger partial charge in [0.2, 0.25) is 0 Å². The molecule has 10 heteroatoms. The van der Waals surface area contributed by atoms with E-state index >= 15 is 0 Å². The van der Waals surface area contributed by atoms with Crippen LogP contribution in [0.25, 0.3) is 5.57 Å². The van der Waals surface area contributed by atoms with Crippen molar-refractivity contribution in [3.63, 3.8) is 0 Å². The van der Waals surface area contributed by atoms with E-state index in [1.165, 1.54) is 6.07 Å². The Kier molecular flexibility index (Phi) is 5.50. The maximum Gasteiger partial charge on any atom is 0.435 e. The third-order valence-corrected chi connectivity index (χ3v) is 3.37. The van der Waals surface area contributed by atoms with Crippen molar-refractivity contribution in [2.45, 2.75) is 32.5 Å². The first-order valence-electron chi connectivity index (χ1n) is 7.85. The first-order chi connectivity index (χ1) is 12.3. The van der Waals surface area contributed by atoms with Crippen molar-refractivity contribution in [1.29, 1.82) is 0 Å². The summed E-state index contributed by atoms with van der Waals surface area (Å²) in [6.07, 6.45) is -4.00. The molecule has 0 N–H and O–H groups in total. The maximum absolute atomic E-state index is 13.5. The highest BCUT2D eigenvalue weighted by Gasteiger charge is 2.38. The highest BCUT2D eigenvalue weighted by molar-refractivity contribution is 5.88. The summed E-state index contributed by atoms with van der Waals surface area (Å²) in [5, 5.41) is 11.6. The van der Waals surface area contributed by atoms with Gasteiger partial charge in [-0.1, -0.05) is 0 Å². The molecule has 0 aliphatic carbocycles. The molecule has 0 radical (unpaired) electrons. The molecular formula is C17H18F4N3O3-. The van der Waals surface area contributed by atoms with Crippen LogP contribution in [0.1, 0.15) is 32.2 Å². The first kappa shape index (κ1) is 20.7. The summed E-state index contributed by atoms with van der Waals surface area (Å²) in [5.74, 6) is -0.798. The minimum Gasteiger partial charge on any atom is -0.758 e. The zero-order valence-corrected chi connectivity index (χ0v) is 15.1. The Morgan fingerprint density at radius 3 is 2.44 bits per heavy atom. The van der Waals surface area contributed by atoms with Gasteiger partial charge in [0.1, 0.15) is 11.4 Å². The van der Waals surface area contributed by atoms with Crippen LogP contribution in [-0.2, 0) is 10.9 Å². The van der Waals surface area contributed by atoms with Crippen molar-refractivity contribution in [1.82, 2.24) is 10.0 Å². The molecule has 0 saturated heterocycles. The third kappa shape index (κ3) is 5.19. The van der Waals surface area contributed by atoms with Crippen molar-refractivity contribution < 1.29 is 27.1 Å². The predicted octanol–water partition coefficient (Wildman–Crippen LogP) is 4.48. The Morgan fingerprint density at radius 1 is 1.30 bits per heavy atom. The molecule has 1 amide bonds. The van der Waals surface area contributed by atoms with Crippen LogP contribution in [0.4, 0.5) is 28.0 Å². The smallest absolute Gasteiger partial charge is 0.435 e. The molecule has 6 nitrogen and oxygen atoms in total. The average Bonchev–Trinajstić information content (AvgIpc) is 2.50. The first-order valence-corrected chi connectivity index (χ1v) is 7.85. The summed E-state index contributed by atoms with van der Waals surface area (Å²) in [4.78, 5) is 16.3. The zero-order valence-electron chi connectivity index (χ0n) is 15.1. The molecule has 0 aromatic carbocycles. The Bertz CT molecular complexity index is 798. The lowest BCUT2D eigenvalue weighted by molar-refractivity contribution is -0.140. The Hall–Kier alpha value is -2.62. The van der Waals surface area contributed by atoms with Gasteiger partial charge < -0.3 is 15.0 Å². The molecule has 1 aliphatic rings. The number of amides is 1. The van der Waals surface area contributed by atoms with E-state index in [-0.39, 0.29) is 16.3 Å². The van der Waals surface area contributed by atoms with Crippen molar-refractivity contribution in [2.75, 3.05) is 18.5 Å². The van der Waals surface area contributed by atoms with Gasteiger partial charge in [-0.25, -0.2) is 14.2 Å². The fourth-order valence-electron chi connectivity index (χ4n) is 2.26. The second kappa shape index (κ2) is 7.18. The number of pyridine rings is 1. The van der Waals surface area contributed by atoms with Crippen molar-refractivity contribution >= 4 is 17.4 Å². The average molecular weight is 388 g/mol. The van der Waals surface area contributed by atoms with Gasteiger partial charge in [-0.3, -0.25) is 4.90 Å². The lowest BCUT2D eigenvalue weighted by Crippen LogP contribution is -2.35. The topological polar surface area (TPSA) is 68.7 Å². The van der Waals surface area contributed by atoms with E-state index in [9.17, 15) is 27.6 Å². The number of hydrogen-bond donors (Lipinski definition) is 0. The standard InChI is InChI=1S/C17H18F4N3O3/c1-16(2,3)27-15(25)23(4)13-6-5-12(22-14(13)17(19,20)21)10-7-11(18)9-24(26)8-10/h5-8H,9H2,1-4H3/q-1. The molecule has 0 unspecified atom stereocenters. The molecular weight excluding hydrogens is 370 g/mol. The van der Waals surface area contributed by atoms with Crippen LogP contribution in [-0.4, -0.2) is 35.3 Å². The van der Waals surface area contributed by atoms with Crippen molar-refractivity contribution in [2.24, 2.45) is 0 Å². The van der Waals surface area contributed by atoms with E-state index < -0.39 is 41.6 Å². The van der Waals surface area contributed by atoms with Gasteiger partial charge in [0.25, 0.3) is 0 Å². The predicted molar refractivity (Wildman–Crippen MR) is 91.1 cm³/mol. The quantitative estimate of drug-likeness (QED) is 0.699. The molecule has 0 fully saturated rings. The van der Waals surface area contributed by atoms with Gasteiger partial charge in [-0.15, -0.1) is 0 Å². The fraction of sp³-hybridized carbons (Fsp3) is 0.412. The van der Waals surface area contributed by atoms with Gasteiger partial charge in [0, 0.05) is 12.6 Å². The Morgan fingerprint density at radius 2 is 1.93 bits per heavy atom. The Balaban J connectivity index is 2.47. The molecule has 2 heterocycles. The van der Waals surface area contributed by atoms with Crippen LogP contribution in [0.3, 0.4) is 0 Å². The molecule has 0 bridgehead atoms. The van der Waals surface area contributed by atoms with Crippen LogP contribution < -0.4 is 4.90 Å². The molecule has 148 valence electrons. The van der Waals surface area contributed by atoms with Gasteiger partial charge >= 0.3 is 12.3 Å². The van der Waals surface area contributed by atoms with Crippen LogP contribution >= 0.6 is 0 Å².